The number of nitriles is 1. The minimum atomic E-state index is -3.87. The summed E-state index contributed by atoms with van der Waals surface area (Å²) in [6.07, 6.45) is 0.230. The number of sulfonamides is 1. The number of methoxy groups -OCH3 is 1. The monoisotopic (exact) mass is 550 g/mol. The number of carbonyl (C=O) groups excluding carboxylic acids is 1. The molecular formula is C24H24F2N4O5S2. The Balaban J connectivity index is 1.89. The van der Waals surface area contributed by atoms with Crippen molar-refractivity contribution in [1.82, 2.24) is 9.71 Å². The Bertz CT molecular complexity index is 1360. The predicted molar refractivity (Wildman–Crippen MR) is 135 cm³/mol. The molecule has 0 unspecified atom stereocenters. The fraction of sp³-hybridized carbons (Fsp3) is 0.292. The average molecular weight is 551 g/mol. The van der Waals surface area contributed by atoms with E-state index in [9.17, 15) is 22.0 Å². The minimum absolute atomic E-state index is 0.0134. The largest absolute Gasteiger partial charge is 0.435 e. The number of anilines is 2. The van der Waals surface area contributed by atoms with E-state index in [1.807, 2.05) is 10.8 Å². The maximum atomic E-state index is 12.7. The molecule has 1 N–H and O–H groups in total. The Morgan fingerprint density at radius 2 is 1.86 bits per heavy atom. The highest BCUT2D eigenvalue weighted by Crippen LogP contribution is 2.33. The van der Waals surface area contributed by atoms with Crippen molar-refractivity contribution in [1.29, 1.82) is 5.26 Å². The molecule has 2 aromatic carbocycles. The van der Waals surface area contributed by atoms with Crippen LogP contribution in [-0.2, 0) is 21.3 Å². The van der Waals surface area contributed by atoms with Gasteiger partial charge in [-0.3, -0.25) is 4.79 Å². The standard InChI is InChI=1S/C24H24F2N4O5S2/c1-16-21(22(31)29-37(32,33)13-3-12-34-2)28-24(36-16)30(19-8-4-17(14-27)5-9-19)15-18-6-10-20(11-7-18)35-23(25)26/h4-11,23H,3,12-13,15H2,1-2H3,(H,29,31). The van der Waals surface area contributed by atoms with E-state index in [4.69, 9.17) is 10.00 Å². The Morgan fingerprint density at radius 1 is 1.19 bits per heavy atom. The molecule has 0 radical (unpaired) electrons. The molecule has 0 saturated carbocycles. The first-order valence-electron chi connectivity index (χ1n) is 10.9. The van der Waals surface area contributed by atoms with Crippen LogP contribution in [0.5, 0.6) is 5.75 Å². The van der Waals surface area contributed by atoms with Crippen LogP contribution in [0.1, 0.15) is 32.9 Å². The zero-order valence-electron chi connectivity index (χ0n) is 20.0. The van der Waals surface area contributed by atoms with Crippen molar-refractivity contribution in [3.63, 3.8) is 0 Å². The molecule has 3 aromatic rings. The Labute approximate surface area is 217 Å². The molecule has 0 saturated heterocycles. The number of carbonyl (C=O) groups is 1. The van der Waals surface area contributed by atoms with Crippen LogP contribution >= 0.6 is 11.3 Å². The van der Waals surface area contributed by atoms with Gasteiger partial charge in [0.15, 0.2) is 5.13 Å². The normalized spacial score (nSPS) is 11.2. The topological polar surface area (TPSA) is 122 Å². The first kappa shape index (κ1) is 28.0. The van der Waals surface area contributed by atoms with Crippen molar-refractivity contribution in [2.45, 2.75) is 26.5 Å². The lowest BCUT2D eigenvalue weighted by Crippen LogP contribution is -2.33. The van der Waals surface area contributed by atoms with Crippen LogP contribution in [0.2, 0.25) is 0 Å². The number of halogens is 2. The van der Waals surface area contributed by atoms with Crippen LogP contribution in [0.4, 0.5) is 19.6 Å². The van der Waals surface area contributed by atoms with E-state index in [2.05, 4.69) is 9.72 Å². The molecule has 0 spiro atoms. The molecule has 3 rings (SSSR count). The van der Waals surface area contributed by atoms with Gasteiger partial charge in [-0.2, -0.15) is 14.0 Å². The molecule has 0 atom stereocenters. The first-order valence-corrected chi connectivity index (χ1v) is 13.4. The highest BCUT2D eigenvalue weighted by atomic mass is 32.2. The number of rotatable bonds is 12. The second-order valence-electron chi connectivity index (χ2n) is 7.76. The summed E-state index contributed by atoms with van der Waals surface area (Å²) < 4.78 is 60.8. The van der Waals surface area contributed by atoms with Gasteiger partial charge < -0.3 is 14.4 Å². The van der Waals surface area contributed by atoms with Crippen LogP contribution in [0.25, 0.3) is 0 Å². The number of amides is 1. The summed E-state index contributed by atoms with van der Waals surface area (Å²) in [5.41, 5.74) is 1.80. The zero-order valence-corrected chi connectivity index (χ0v) is 21.6. The van der Waals surface area contributed by atoms with Gasteiger partial charge in [0.05, 0.1) is 23.9 Å². The third-order valence-corrected chi connectivity index (χ3v) is 7.35. The fourth-order valence-electron chi connectivity index (χ4n) is 3.29. The quantitative estimate of drug-likeness (QED) is 0.330. The first-order chi connectivity index (χ1) is 17.6. The Hall–Kier alpha value is -3.60. The number of alkyl halides is 2. The number of ether oxygens (including phenoxy) is 2. The van der Waals surface area contributed by atoms with Crippen molar-refractivity contribution in [2.24, 2.45) is 0 Å². The fourth-order valence-corrected chi connectivity index (χ4v) is 5.19. The molecule has 1 heterocycles. The molecule has 9 nitrogen and oxygen atoms in total. The Morgan fingerprint density at radius 3 is 2.46 bits per heavy atom. The average Bonchev–Trinajstić information content (AvgIpc) is 3.24. The summed E-state index contributed by atoms with van der Waals surface area (Å²) in [6.45, 7) is -0.803. The smallest absolute Gasteiger partial charge is 0.387 e. The van der Waals surface area contributed by atoms with Crippen LogP contribution in [0.3, 0.4) is 0 Å². The van der Waals surface area contributed by atoms with E-state index in [0.29, 0.717) is 21.3 Å². The second-order valence-corrected chi connectivity index (χ2v) is 10.8. The number of nitrogens with zero attached hydrogens (tertiary/aromatic N) is 3. The van der Waals surface area contributed by atoms with Gasteiger partial charge >= 0.3 is 6.61 Å². The lowest BCUT2D eigenvalue weighted by molar-refractivity contribution is -0.0498. The van der Waals surface area contributed by atoms with Crippen molar-refractivity contribution in [2.75, 3.05) is 24.4 Å². The number of aryl methyl sites for hydroxylation is 1. The van der Waals surface area contributed by atoms with E-state index in [1.165, 1.54) is 30.6 Å². The van der Waals surface area contributed by atoms with Crippen LogP contribution < -0.4 is 14.4 Å². The molecule has 1 amide bonds. The van der Waals surface area contributed by atoms with Crippen LogP contribution in [0, 0.1) is 18.3 Å². The number of thiazole rings is 1. The zero-order chi connectivity index (χ0) is 27.0. The van der Waals surface area contributed by atoms with Crippen molar-refractivity contribution in [3.8, 4) is 11.8 Å². The third kappa shape index (κ3) is 7.94. The molecule has 0 aliphatic carbocycles. The lowest BCUT2D eigenvalue weighted by atomic mass is 10.1. The van der Waals surface area contributed by atoms with Crippen molar-refractivity contribution < 1.29 is 31.5 Å². The lowest BCUT2D eigenvalue weighted by Gasteiger charge is -2.22. The summed E-state index contributed by atoms with van der Waals surface area (Å²) in [6, 6.07) is 14.8. The Kier molecular flexibility index (Phi) is 9.51. The highest BCUT2D eigenvalue weighted by molar-refractivity contribution is 7.90. The number of aromatic nitrogens is 1. The van der Waals surface area contributed by atoms with Crippen molar-refractivity contribution in [3.05, 3.63) is 70.2 Å². The van der Waals surface area contributed by atoms with Gasteiger partial charge in [0.2, 0.25) is 10.0 Å². The van der Waals surface area contributed by atoms with Crippen LogP contribution in [0.15, 0.2) is 48.5 Å². The van der Waals surface area contributed by atoms with E-state index in [-0.39, 0.29) is 36.8 Å². The molecule has 0 bridgehead atoms. The minimum Gasteiger partial charge on any atom is -0.435 e. The summed E-state index contributed by atoms with van der Waals surface area (Å²) in [7, 11) is -2.42. The van der Waals surface area contributed by atoms with Gasteiger partial charge in [-0.25, -0.2) is 18.1 Å². The second kappa shape index (κ2) is 12.6. The molecule has 13 heteroatoms. The SMILES string of the molecule is COCCCS(=O)(=O)NC(=O)c1nc(N(Cc2ccc(OC(F)F)cc2)c2ccc(C#N)cc2)sc1C. The van der Waals surface area contributed by atoms with E-state index in [1.54, 1.807) is 48.2 Å². The van der Waals surface area contributed by atoms with Crippen LogP contribution in [-0.4, -0.2) is 45.4 Å². The number of nitrogens with one attached hydrogen (secondary N) is 1. The van der Waals surface area contributed by atoms with Gasteiger partial charge in [0.25, 0.3) is 5.91 Å². The van der Waals surface area contributed by atoms with Gasteiger partial charge in [-0.05, 0) is 55.3 Å². The number of benzene rings is 2. The number of hydrogen-bond acceptors (Lipinski definition) is 9. The summed E-state index contributed by atoms with van der Waals surface area (Å²) >= 11 is 1.18. The van der Waals surface area contributed by atoms with Gasteiger partial charge in [-0.15, -0.1) is 11.3 Å². The molecule has 37 heavy (non-hydrogen) atoms. The van der Waals surface area contributed by atoms with E-state index in [0.717, 1.165) is 5.56 Å². The van der Waals surface area contributed by atoms with Crippen molar-refractivity contribution >= 4 is 38.1 Å². The summed E-state index contributed by atoms with van der Waals surface area (Å²) in [5, 5.41) is 9.53. The van der Waals surface area contributed by atoms with Gasteiger partial charge in [0.1, 0.15) is 11.4 Å². The predicted octanol–water partition coefficient (Wildman–Crippen LogP) is 4.36. The highest BCUT2D eigenvalue weighted by Gasteiger charge is 2.24. The maximum Gasteiger partial charge on any atom is 0.387 e. The molecule has 0 fully saturated rings. The van der Waals surface area contributed by atoms with Gasteiger partial charge in [0, 0.05) is 24.3 Å². The molecular weight excluding hydrogens is 526 g/mol. The maximum absolute atomic E-state index is 12.7. The summed E-state index contributed by atoms with van der Waals surface area (Å²) in [5.74, 6) is -1.10. The van der Waals surface area contributed by atoms with E-state index < -0.39 is 22.5 Å². The summed E-state index contributed by atoms with van der Waals surface area (Å²) in [4.78, 5) is 19.4. The molecule has 0 aliphatic rings. The molecule has 0 aliphatic heterocycles. The number of hydrogen-bond donors (Lipinski definition) is 1. The molecule has 196 valence electrons. The van der Waals surface area contributed by atoms with E-state index >= 15 is 0 Å². The molecule has 1 aromatic heterocycles. The van der Waals surface area contributed by atoms with Gasteiger partial charge in [-0.1, -0.05) is 12.1 Å². The third-order valence-electron chi connectivity index (χ3n) is 5.04.